The monoisotopic (exact) mass is 381 g/mol. The van der Waals surface area contributed by atoms with E-state index in [0.717, 1.165) is 11.2 Å². The molecule has 0 N–H and O–H groups in total. The summed E-state index contributed by atoms with van der Waals surface area (Å²) >= 11 is 5.73. The van der Waals surface area contributed by atoms with E-state index in [2.05, 4.69) is 4.18 Å². The van der Waals surface area contributed by atoms with Crippen LogP contribution in [-0.4, -0.2) is 44.4 Å². The van der Waals surface area contributed by atoms with Crippen molar-refractivity contribution in [2.75, 3.05) is 19.4 Å². The Kier molecular flexibility index (Phi) is 7.00. The first-order valence-corrected chi connectivity index (χ1v) is 9.34. The fourth-order valence-electron chi connectivity index (χ4n) is 1.74. The van der Waals surface area contributed by atoms with Crippen molar-refractivity contribution in [1.29, 1.82) is 0 Å². The first-order chi connectivity index (χ1) is 10.9. The highest BCUT2D eigenvalue weighted by atomic mass is 35.5. The lowest BCUT2D eigenvalue weighted by Crippen LogP contribution is -2.38. The number of hydrogen-bond acceptors (Lipinski definition) is 5. The Labute approximate surface area is 146 Å². The number of hydrogen-bond donors (Lipinski definition) is 0. The maximum atomic E-state index is 14.0. The summed E-state index contributed by atoms with van der Waals surface area (Å²) in [6, 6.07) is 4.43. The SMILES string of the molecule is CC(C)(C)OC(=O)N(CCOS(C)(=O)=O)Cc1cccc(Cl)c1F. The molecule has 1 aromatic carbocycles. The normalized spacial score (nSPS) is 12.1. The number of carbonyl (C=O) groups excluding carboxylic acids is 1. The van der Waals surface area contributed by atoms with Crippen LogP contribution in [0.4, 0.5) is 9.18 Å². The summed E-state index contributed by atoms with van der Waals surface area (Å²) in [6.45, 7) is 4.59. The maximum Gasteiger partial charge on any atom is 0.410 e. The third kappa shape index (κ3) is 7.46. The van der Waals surface area contributed by atoms with Crippen LogP contribution >= 0.6 is 11.6 Å². The summed E-state index contributed by atoms with van der Waals surface area (Å²) in [5.41, 5.74) is -0.562. The van der Waals surface area contributed by atoms with Gasteiger partial charge < -0.3 is 9.64 Å². The highest BCUT2D eigenvalue weighted by Gasteiger charge is 2.23. The van der Waals surface area contributed by atoms with Crippen LogP contribution in [0.1, 0.15) is 26.3 Å². The number of benzene rings is 1. The lowest BCUT2D eigenvalue weighted by Gasteiger charge is -2.27. The van der Waals surface area contributed by atoms with Crippen molar-refractivity contribution in [1.82, 2.24) is 4.90 Å². The molecule has 0 unspecified atom stereocenters. The molecule has 0 aromatic heterocycles. The summed E-state index contributed by atoms with van der Waals surface area (Å²) in [4.78, 5) is 13.4. The van der Waals surface area contributed by atoms with Crippen molar-refractivity contribution >= 4 is 27.8 Å². The summed E-state index contributed by atoms with van der Waals surface area (Å²) in [7, 11) is -3.64. The highest BCUT2D eigenvalue weighted by molar-refractivity contribution is 7.85. The molecule has 0 bridgehead atoms. The van der Waals surface area contributed by atoms with Gasteiger partial charge in [0.1, 0.15) is 11.4 Å². The largest absolute Gasteiger partial charge is 0.444 e. The van der Waals surface area contributed by atoms with Gasteiger partial charge in [0.25, 0.3) is 10.1 Å². The Balaban J connectivity index is 2.91. The van der Waals surface area contributed by atoms with Crippen LogP contribution in [0.5, 0.6) is 0 Å². The van der Waals surface area contributed by atoms with Crippen molar-refractivity contribution < 1.29 is 26.5 Å². The predicted molar refractivity (Wildman–Crippen MR) is 88.8 cm³/mol. The topological polar surface area (TPSA) is 72.9 Å². The molecule has 0 radical (unpaired) electrons. The molecule has 0 saturated heterocycles. The Morgan fingerprint density at radius 3 is 2.50 bits per heavy atom. The molecular formula is C15H21ClFNO5S. The second kappa shape index (κ2) is 8.13. The van der Waals surface area contributed by atoms with Gasteiger partial charge in [-0.05, 0) is 26.8 Å². The summed E-state index contributed by atoms with van der Waals surface area (Å²) < 4.78 is 46.0. The second-order valence-corrected chi connectivity index (χ2v) is 8.19. The van der Waals surface area contributed by atoms with Gasteiger partial charge in [0.15, 0.2) is 0 Å². The number of nitrogens with zero attached hydrogens (tertiary/aromatic N) is 1. The van der Waals surface area contributed by atoms with Gasteiger partial charge >= 0.3 is 6.09 Å². The van der Waals surface area contributed by atoms with Crippen molar-refractivity contribution in [2.45, 2.75) is 32.9 Å². The number of amides is 1. The quantitative estimate of drug-likeness (QED) is 0.707. The molecule has 0 spiro atoms. The average Bonchev–Trinajstić information content (AvgIpc) is 2.39. The lowest BCUT2D eigenvalue weighted by molar-refractivity contribution is 0.0208. The molecule has 9 heteroatoms. The standard InChI is InChI=1S/C15H21ClFNO5S/c1-15(2,3)23-14(19)18(8-9-22-24(4,20)21)10-11-6-5-7-12(16)13(11)17/h5-7H,8-10H2,1-4H3. The van der Waals surface area contributed by atoms with Crippen LogP contribution in [0.2, 0.25) is 5.02 Å². The minimum absolute atomic E-state index is 0.0657. The third-order valence-electron chi connectivity index (χ3n) is 2.70. The van der Waals surface area contributed by atoms with E-state index in [-0.39, 0.29) is 30.3 Å². The van der Waals surface area contributed by atoms with Crippen molar-refractivity contribution in [3.63, 3.8) is 0 Å². The third-order valence-corrected chi connectivity index (χ3v) is 3.59. The smallest absolute Gasteiger partial charge is 0.410 e. The van der Waals surface area contributed by atoms with Gasteiger partial charge in [0, 0.05) is 12.1 Å². The molecule has 0 atom stereocenters. The fourth-order valence-corrected chi connectivity index (χ4v) is 2.31. The van der Waals surface area contributed by atoms with Crippen LogP contribution in [0.25, 0.3) is 0 Å². The Bertz CT molecular complexity index is 688. The van der Waals surface area contributed by atoms with E-state index < -0.39 is 27.6 Å². The Morgan fingerprint density at radius 1 is 1.33 bits per heavy atom. The van der Waals surface area contributed by atoms with Crippen LogP contribution < -0.4 is 0 Å². The zero-order chi connectivity index (χ0) is 18.5. The van der Waals surface area contributed by atoms with E-state index in [1.54, 1.807) is 26.8 Å². The van der Waals surface area contributed by atoms with Gasteiger partial charge in [0.05, 0.1) is 24.4 Å². The molecular weight excluding hydrogens is 361 g/mol. The first-order valence-electron chi connectivity index (χ1n) is 7.14. The molecule has 1 aromatic rings. The average molecular weight is 382 g/mol. The molecule has 6 nitrogen and oxygen atoms in total. The van der Waals surface area contributed by atoms with Crippen LogP contribution in [-0.2, 0) is 25.6 Å². The van der Waals surface area contributed by atoms with E-state index in [4.69, 9.17) is 16.3 Å². The van der Waals surface area contributed by atoms with E-state index in [9.17, 15) is 17.6 Å². The van der Waals surface area contributed by atoms with E-state index in [1.165, 1.54) is 12.1 Å². The van der Waals surface area contributed by atoms with Gasteiger partial charge in [-0.2, -0.15) is 8.42 Å². The molecule has 0 aliphatic heterocycles. The summed E-state index contributed by atoms with van der Waals surface area (Å²) in [6.07, 6.45) is 0.195. The summed E-state index contributed by atoms with van der Waals surface area (Å²) in [5.74, 6) is -0.642. The predicted octanol–water partition coefficient (Wildman–Crippen LogP) is 3.19. The maximum absolute atomic E-state index is 14.0. The molecule has 1 rings (SSSR count). The molecule has 0 fully saturated rings. The van der Waals surface area contributed by atoms with Crippen molar-refractivity contribution in [3.8, 4) is 0 Å². The van der Waals surface area contributed by atoms with Gasteiger partial charge in [-0.1, -0.05) is 23.7 Å². The molecule has 0 aliphatic rings. The number of halogens is 2. The molecule has 0 heterocycles. The van der Waals surface area contributed by atoms with Gasteiger partial charge in [-0.3, -0.25) is 4.18 Å². The Morgan fingerprint density at radius 2 is 1.96 bits per heavy atom. The second-order valence-electron chi connectivity index (χ2n) is 6.14. The van der Waals surface area contributed by atoms with E-state index in [1.807, 2.05) is 0 Å². The van der Waals surface area contributed by atoms with Crippen LogP contribution in [0.3, 0.4) is 0 Å². The van der Waals surface area contributed by atoms with Crippen LogP contribution in [0, 0.1) is 5.82 Å². The lowest BCUT2D eigenvalue weighted by atomic mass is 10.2. The fraction of sp³-hybridized carbons (Fsp3) is 0.533. The Hall–Kier alpha value is -1.38. The minimum atomic E-state index is -3.64. The molecule has 0 aliphatic carbocycles. The zero-order valence-electron chi connectivity index (χ0n) is 14.0. The molecule has 136 valence electrons. The number of rotatable bonds is 6. The van der Waals surface area contributed by atoms with Gasteiger partial charge in [0.2, 0.25) is 0 Å². The van der Waals surface area contributed by atoms with Gasteiger partial charge in [-0.15, -0.1) is 0 Å². The first kappa shape index (κ1) is 20.7. The molecule has 1 amide bonds. The minimum Gasteiger partial charge on any atom is -0.444 e. The number of ether oxygens (including phenoxy) is 1. The zero-order valence-corrected chi connectivity index (χ0v) is 15.6. The van der Waals surface area contributed by atoms with Crippen molar-refractivity contribution in [2.24, 2.45) is 0 Å². The number of carbonyl (C=O) groups is 1. The van der Waals surface area contributed by atoms with Crippen molar-refractivity contribution in [3.05, 3.63) is 34.6 Å². The highest BCUT2D eigenvalue weighted by Crippen LogP contribution is 2.20. The van der Waals surface area contributed by atoms with Gasteiger partial charge in [-0.25, -0.2) is 9.18 Å². The van der Waals surface area contributed by atoms with E-state index >= 15 is 0 Å². The van der Waals surface area contributed by atoms with Crippen LogP contribution in [0.15, 0.2) is 18.2 Å². The molecule has 24 heavy (non-hydrogen) atoms. The van der Waals surface area contributed by atoms with E-state index in [0.29, 0.717) is 0 Å². The molecule has 0 saturated carbocycles. The summed E-state index contributed by atoms with van der Waals surface area (Å²) in [5, 5.41) is -0.0657.